The minimum Gasteiger partial charge on any atom is -0.481 e. The van der Waals surface area contributed by atoms with Gasteiger partial charge in [0.2, 0.25) is 0 Å². The molecule has 1 heterocycles. The smallest absolute Gasteiger partial charge is 0.307 e. The van der Waals surface area contributed by atoms with E-state index in [4.69, 9.17) is 5.11 Å². The van der Waals surface area contributed by atoms with Crippen LogP contribution in [0.4, 0.5) is 0 Å². The summed E-state index contributed by atoms with van der Waals surface area (Å²) in [6.45, 7) is 0. The third kappa shape index (κ3) is 1.36. The fourth-order valence-corrected chi connectivity index (χ4v) is 2.25. The molecule has 1 fully saturated rings. The molecule has 2 aromatic rings. The van der Waals surface area contributed by atoms with Gasteiger partial charge in [0.15, 0.2) is 0 Å². The molecule has 0 unspecified atom stereocenters. The van der Waals surface area contributed by atoms with Gasteiger partial charge in [-0.2, -0.15) is 0 Å². The molecule has 0 bridgehead atoms. The van der Waals surface area contributed by atoms with E-state index in [-0.39, 0.29) is 11.8 Å². The largest absolute Gasteiger partial charge is 0.481 e. The van der Waals surface area contributed by atoms with Gasteiger partial charge in [0.25, 0.3) is 0 Å². The first-order valence-electron chi connectivity index (χ1n) is 5.34. The normalized spacial score (nSPS) is 23.2. The van der Waals surface area contributed by atoms with Crippen LogP contribution in [0, 0.1) is 5.92 Å². The number of nitrogens with zero attached hydrogens (tertiary/aromatic N) is 1. The SMILES string of the molecule is O=C(O)[C@@H]1C[C@H]1c1ccnc2ccccc12. The van der Waals surface area contributed by atoms with Crippen LogP contribution >= 0.6 is 0 Å². The summed E-state index contributed by atoms with van der Waals surface area (Å²) < 4.78 is 0. The summed E-state index contributed by atoms with van der Waals surface area (Å²) in [7, 11) is 0. The molecule has 3 heteroatoms. The first-order valence-corrected chi connectivity index (χ1v) is 5.34. The van der Waals surface area contributed by atoms with Crippen molar-refractivity contribution in [2.75, 3.05) is 0 Å². The van der Waals surface area contributed by atoms with Crippen LogP contribution in [0.1, 0.15) is 17.9 Å². The van der Waals surface area contributed by atoms with Crippen LogP contribution in [0.5, 0.6) is 0 Å². The maximum Gasteiger partial charge on any atom is 0.307 e. The zero-order valence-corrected chi connectivity index (χ0v) is 8.63. The summed E-state index contributed by atoms with van der Waals surface area (Å²) in [5.74, 6) is -0.720. The number of pyridine rings is 1. The number of hydrogen-bond acceptors (Lipinski definition) is 2. The third-order valence-electron chi connectivity index (χ3n) is 3.19. The van der Waals surface area contributed by atoms with Crippen molar-refractivity contribution in [1.29, 1.82) is 0 Å². The molecule has 0 amide bonds. The number of carboxylic acid groups (broad SMARTS) is 1. The molecular formula is C13H11NO2. The van der Waals surface area contributed by atoms with Crippen LogP contribution in [0.25, 0.3) is 10.9 Å². The average Bonchev–Trinajstić information content (AvgIpc) is 3.08. The van der Waals surface area contributed by atoms with Gasteiger partial charge < -0.3 is 5.11 Å². The van der Waals surface area contributed by atoms with E-state index in [0.717, 1.165) is 22.9 Å². The molecule has 0 saturated heterocycles. The molecule has 1 aromatic carbocycles. The Morgan fingerprint density at radius 2 is 2.12 bits per heavy atom. The van der Waals surface area contributed by atoms with Crippen molar-refractivity contribution in [2.45, 2.75) is 12.3 Å². The Morgan fingerprint density at radius 1 is 1.31 bits per heavy atom. The van der Waals surface area contributed by atoms with Gasteiger partial charge in [-0.05, 0) is 30.0 Å². The topological polar surface area (TPSA) is 50.2 Å². The maximum atomic E-state index is 10.9. The van der Waals surface area contributed by atoms with Gasteiger partial charge >= 0.3 is 5.97 Å². The standard InChI is InChI=1S/C13H11NO2/c15-13(16)11-7-10(11)8-5-6-14-12-4-2-1-3-9(8)12/h1-6,10-11H,7H2,(H,15,16)/t10-,11+/m0/s1. The van der Waals surface area contributed by atoms with Gasteiger partial charge in [-0.3, -0.25) is 9.78 Å². The molecule has 0 radical (unpaired) electrons. The molecule has 3 nitrogen and oxygen atoms in total. The molecule has 2 atom stereocenters. The molecule has 1 N–H and O–H groups in total. The van der Waals surface area contributed by atoms with Crippen molar-refractivity contribution in [3.63, 3.8) is 0 Å². The number of carbonyl (C=O) groups is 1. The molecular weight excluding hydrogens is 202 g/mol. The van der Waals surface area contributed by atoms with Crippen molar-refractivity contribution in [3.8, 4) is 0 Å². The predicted molar refractivity (Wildman–Crippen MR) is 60.2 cm³/mol. The Balaban J connectivity index is 2.08. The minimum absolute atomic E-state index is 0.172. The maximum absolute atomic E-state index is 10.9. The van der Waals surface area contributed by atoms with E-state index < -0.39 is 5.97 Å². The number of benzene rings is 1. The Kier molecular flexibility index (Phi) is 1.93. The number of carboxylic acids is 1. The number of aromatic nitrogens is 1. The van der Waals surface area contributed by atoms with Crippen molar-refractivity contribution < 1.29 is 9.90 Å². The van der Waals surface area contributed by atoms with Crippen molar-refractivity contribution >= 4 is 16.9 Å². The van der Waals surface area contributed by atoms with E-state index >= 15 is 0 Å². The predicted octanol–water partition coefficient (Wildman–Crippen LogP) is 2.42. The number of fused-ring (bicyclic) bond motifs is 1. The molecule has 1 aromatic heterocycles. The summed E-state index contributed by atoms with van der Waals surface area (Å²) >= 11 is 0. The first-order chi connectivity index (χ1) is 7.77. The summed E-state index contributed by atoms with van der Waals surface area (Å²) in [5, 5.41) is 10.0. The van der Waals surface area contributed by atoms with Crippen LogP contribution in [0.2, 0.25) is 0 Å². The zero-order valence-electron chi connectivity index (χ0n) is 8.63. The Morgan fingerprint density at radius 3 is 2.88 bits per heavy atom. The molecule has 3 rings (SSSR count). The summed E-state index contributed by atoms with van der Waals surface area (Å²) in [6.07, 6.45) is 2.51. The summed E-state index contributed by atoms with van der Waals surface area (Å²) in [5.41, 5.74) is 2.06. The fraction of sp³-hybridized carbons (Fsp3) is 0.231. The van der Waals surface area contributed by atoms with Gasteiger partial charge in [-0.1, -0.05) is 18.2 Å². The number of hydrogen-bond donors (Lipinski definition) is 1. The molecule has 1 aliphatic carbocycles. The van der Waals surface area contributed by atoms with Crippen LogP contribution < -0.4 is 0 Å². The highest BCUT2D eigenvalue weighted by Crippen LogP contribution is 2.49. The fourth-order valence-electron chi connectivity index (χ4n) is 2.25. The lowest BCUT2D eigenvalue weighted by Gasteiger charge is -2.03. The van der Waals surface area contributed by atoms with Gasteiger partial charge in [0, 0.05) is 11.6 Å². The number of para-hydroxylation sites is 1. The van der Waals surface area contributed by atoms with E-state index in [1.54, 1.807) is 6.20 Å². The quantitative estimate of drug-likeness (QED) is 0.833. The van der Waals surface area contributed by atoms with Crippen molar-refractivity contribution in [2.24, 2.45) is 5.92 Å². The van der Waals surface area contributed by atoms with Crippen molar-refractivity contribution in [3.05, 3.63) is 42.1 Å². The lowest BCUT2D eigenvalue weighted by molar-refractivity contribution is -0.138. The highest BCUT2D eigenvalue weighted by molar-refractivity contribution is 5.85. The Hall–Kier alpha value is -1.90. The highest BCUT2D eigenvalue weighted by Gasteiger charge is 2.44. The zero-order chi connectivity index (χ0) is 11.1. The lowest BCUT2D eigenvalue weighted by atomic mass is 10.0. The van der Waals surface area contributed by atoms with Gasteiger partial charge in [0.1, 0.15) is 0 Å². The molecule has 1 saturated carbocycles. The molecule has 16 heavy (non-hydrogen) atoms. The molecule has 0 aliphatic heterocycles. The van der Waals surface area contributed by atoms with Crippen LogP contribution in [0.15, 0.2) is 36.5 Å². The third-order valence-corrected chi connectivity index (χ3v) is 3.19. The van der Waals surface area contributed by atoms with E-state index in [9.17, 15) is 4.79 Å². The second-order valence-corrected chi connectivity index (χ2v) is 4.20. The highest BCUT2D eigenvalue weighted by atomic mass is 16.4. The second kappa shape index (κ2) is 3.30. The minimum atomic E-state index is -0.689. The first kappa shape index (κ1) is 9.33. The number of aliphatic carboxylic acids is 1. The monoisotopic (exact) mass is 213 g/mol. The van der Waals surface area contributed by atoms with Crippen molar-refractivity contribution in [1.82, 2.24) is 4.98 Å². The van der Waals surface area contributed by atoms with E-state index in [1.807, 2.05) is 30.3 Å². The molecule has 80 valence electrons. The molecule has 0 spiro atoms. The van der Waals surface area contributed by atoms with Gasteiger partial charge in [0.05, 0.1) is 11.4 Å². The average molecular weight is 213 g/mol. The summed E-state index contributed by atoms with van der Waals surface area (Å²) in [6, 6.07) is 9.81. The van der Waals surface area contributed by atoms with E-state index in [2.05, 4.69) is 4.98 Å². The van der Waals surface area contributed by atoms with Crippen LogP contribution in [-0.4, -0.2) is 16.1 Å². The number of rotatable bonds is 2. The lowest BCUT2D eigenvalue weighted by Crippen LogP contribution is -1.99. The second-order valence-electron chi connectivity index (χ2n) is 4.20. The summed E-state index contributed by atoms with van der Waals surface area (Å²) in [4.78, 5) is 15.1. The van der Waals surface area contributed by atoms with E-state index in [0.29, 0.717) is 0 Å². The van der Waals surface area contributed by atoms with E-state index in [1.165, 1.54) is 0 Å². The van der Waals surface area contributed by atoms with Crippen LogP contribution in [-0.2, 0) is 4.79 Å². The van der Waals surface area contributed by atoms with Gasteiger partial charge in [-0.15, -0.1) is 0 Å². The van der Waals surface area contributed by atoms with Gasteiger partial charge in [-0.25, -0.2) is 0 Å². The Labute approximate surface area is 92.7 Å². The Bertz CT molecular complexity index is 559. The molecule has 1 aliphatic rings. The van der Waals surface area contributed by atoms with Crippen LogP contribution in [0.3, 0.4) is 0 Å².